The van der Waals surface area contributed by atoms with Crippen LogP contribution >= 0.6 is 0 Å². The van der Waals surface area contributed by atoms with Crippen molar-refractivity contribution in [3.8, 4) is 45.3 Å². The lowest BCUT2D eigenvalue weighted by Gasteiger charge is -2.18. The van der Waals surface area contributed by atoms with Gasteiger partial charge in [0.15, 0.2) is 0 Å². The van der Waals surface area contributed by atoms with Crippen molar-refractivity contribution in [1.29, 1.82) is 0 Å². The first-order valence-electron chi connectivity index (χ1n) is 13.8. The molecule has 0 aromatic heterocycles. The van der Waals surface area contributed by atoms with Gasteiger partial charge >= 0.3 is 23.9 Å². The molecule has 0 heterocycles. The summed E-state index contributed by atoms with van der Waals surface area (Å²) in [5.74, 6) is -1.97. The van der Waals surface area contributed by atoms with Crippen molar-refractivity contribution in [3.05, 3.63) is 109 Å². The SMILES string of the molecule is C=C(C)C(=O)Oc1ccc(-c2cc(OC(=O)C(=C)COC)c(-c3ccc(OC(=O)C(=C)C)cc3)cc2OC(=O)C(=C)COC)cc1. The van der Waals surface area contributed by atoms with Gasteiger partial charge < -0.3 is 28.4 Å². The lowest BCUT2D eigenvalue weighted by atomic mass is 9.97. The second-order valence-corrected chi connectivity index (χ2v) is 10.1. The van der Waals surface area contributed by atoms with Gasteiger partial charge in [-0.25, -0.2) is 19.2 Å². The molecule has 0 saturated carbocycles. The van der Waals surface area contributed by atoms with E-state index in [1.807, 2.05) is 0 Å². The van der Waals surface area contributed by atoms with Crippen LogP contribution in [0.5, 0.6) is 23.0 Å². The monoisotopic (exact) mass is 626 g/mol. The first-order valence-corrected chi connectivity index (χ1v) is 13.8. The smallest absolute Gasteiger partial charge is 0.341 e. The minimum absolute atomic E-state index is 0.0621. The van der Waals surface area contributed by atoms with E-state index < -0.39 is 23.9 Å². The Balaban J connectivity index is 2.19. The van der Waals surface area contributed by atoms with Crippen LogP contribution in [-0.2, 0) is 28.7 Å². The summed E-state index contributed by atoms with van der Waals surface area (Å²) in [5, 5.41) is 0. The third-order valence-electron chi connectivity index (χ3n) is 6.15. The summed E-state index contributed by atoms with van der Waals surface area (Å²) in [6.07, 6.45) is 0. The van der Waals surface area contributed by atoms with Gasteiger partial charge in [0.2, 0.25) is 0 Å². The van der Waals surface area contributed by atoms with Crippen molar-refractivity contribution >= 4 is 23.9 Å². The third-order valence-corrected chi connectivity index (χ3v) is 6.15. The van der Waals surface area contributed by atoms with Gasteiger partial charge in [-0.2, -0.15) is 0 Å². The number of methoxy groups -OCH3 is 2. The number of benzene rings is 3. The summed E-state index contributed by atoms with van der Waals surface area (Å²) in [6, 6.07) is 15.8. The van der Waals surface area contributed by atoms with Gasteiger partial charge in [-0.3, -0.25) is 0 Å². The number of carbonyl (C=O) groups is 4. The van der Waals surface area contributed by atoms with E-state index in [2.05, 4.69) is 26.3 Å². The molecule has 0 amide bonds. The number of hydrogen-bond donors (Lipinski definition) is 0. The first-order chi connectivity index (χ1) is 21.8. The Morgan fingerprint density at radius 3 is 1.13 bits per heavy atom. The van der Waals surface area contributed by atoms with Gasteiger partial charge in [0.05, 0.1) is 24.4 Å². The molecule has 3 aromatic rings. The minimum Gasteiger partial charge on any atom is -0.423 e. The molecule has 0 bridgehead atoms. The molecule has 10 heteroatoms. The van der Waals surface area contributed by atoms with Crippen LogP contribution in [0.25, 0.3) is 22.3 Å². The summed E-state index contributed by atoms with van der Waals surface area (Å²) in [4.78, 5) is 49.9. The summed E-state index contributed by atoms with van der Waals surface area (Å²) >= 11 is 0. The molecule has 3 aromatic carbocycles. The predicted molar refractivity (Wildman–Crippen MR) is 172 cm³/mol. The summed E-state index contributed by atoms with van der Waals surface area (Å²) < 4.78 is 32.2. The van der Waals surface area contributed by atoms with Crippen molar-refractivity contribution in [1.82, 2.24) is 0 Å². The molecule has 0 aliphatic rings. The lowest BCUT2D eigenvalue weighted by molar-refractivity contribution is -0.131. The second kappa shape index (κ2) is 15.9. The fourth-order valence-corrected chi connectivity index (χ4v) is 3.78. The molecule has 0 fully saturated rings. The van der Waals surface area contributed by atoms with Crippen molar-refractivity contribution in [3.63, 3.8) is 0 Å². The molecule has 0 saturated heterocycles. The number of ether oxygens (including phenoxy) is 6. The van der Waals surface area contributed by atoms with Crippen LogP contribution in [0.1, 0.15) is 13.8 Å². The molecule has 46 heavy (non-hydrogen) atoms. The normalized spacial score (nSPS) is 10.3. The molecule has 238 valence electrons. The molecule has 0 unspecified atom stereocenters. The average Bonchev–Trinajstić information content (AvgIpc) is 3.02. The minimum atomic E-state index is -0.749. The Bertz CT molecular complexity index is 1570. The molecule has 0 N–H and O–H groups in total. The highest BCUT2D eigenvalue weighted by Crippen LogP contribution is 2.42. The first kappa shape index (κ1) is 34.9. The zero-order valence-corrected chi connectivity index (χ0v) is 26.1. The van der Waals surface area contributed by atoms with Crippen LogP contribution in [-0.4, -0.2) is 51.3 Å². The zero-order valence-electron chi connectivity index (χ0n) is 26.1. The van der Waals surface area contributed by atoms with E-state index in [1.54, 1.807) is 48.5 Å². The van der Waals surface area contributed by atoms with Gasteiger partial charge in [-0.05, 0) is 61.4 Å². The van der Waals surface area contributed by atoms with Crippen LogP contribution < -0.4 is 18.9 Å². The summed E-state index contributed by atoms with van der Waals surface area (Å²) in [7, 11) is 2.84. The third kappa shape index (κ3) is 9.21. The predicted octanol–water partition coefficient (Wildman–Crippen LogP) is 6.20. The number of esters is 4. The molecule has 0 spiro atoms. The molecule has 3 rings (SSSR count). The van der Waals surface area contributed by atoms with E-state index in [4.69, 9.17) is 28.4 Å². The van der Waals surface area contributed by atoms with E-state index in [9.17, 15) is 19.2 Å². The maximum absolute atomic E-state index is 13.0. The zero-order chi connectivity index (χ0) is 34.0. The van der Waals surface area contributed by atoms with Crippen LogP contribution in [0.3, 0.4) is 0 Å². The highest BCUT2D eigenvalue weighted by atomic mass is 16.6. The Kier molecular flexibility index (Phi) is 12.1. The number of hydrogen-bond acceptors (Lipinski definition) is 10. The van der Waals surface area contributed by atoms with Crippen molar-refractivity contribution in [2.45, 2.75) is 13.8 Å². The fourth-order valence-electron chi connectivity index (χ4n) is 3.78. The molecular formula is C36H34O10. The molecular weight excluding hydrogens is 592 g/mol. The van der Waals surface area contributed by atoms with E-state index in [1.165, 1.54) is 40.2 Å². The van der Waals surface area contributed by atoms with E-state index in [0.29, 0.717) is 22.3 Å². The van der Waals surface area contributed by atoms with Gasteiger partial charge in [-0.15, -0.1) is 0 Å². The average molecular weight is 627 g/mol. The Morgan fingerprint density at radius 2 is 0.848 bits per heavy atom. The standard InChI is InChI=1S/C36H34O10/c1-21(2)33(37)43-27-13-9-25(10-14-27)29-17-32(46-36(40)24(6)20-42-8)30(18-31(29)45-35(39)23(5)19-41-7)26-11-15-28(16-12-26)44-34(38)22(3)4/h9-18H,1,3,5-6,19-20H2,2,4,7-8H3. The van der Waals surface area contributed by atoms with Gasteiger partial charge in [0.25, 0.3) is 0 Å². The molecule has 0 aliphatic carbocycles. The maximum atomic E-state index is 13.0. The Labute approximate surface area is 267 Å². The number of rotatable bonds is 14. The largest absolute Gasteiger partial charge is 0.423 e. The van der Waals surface area contributed by atoms with Crippen LogP contribution in [0, 0.1) is 0 Å². The highest BCUT2D eigenvalue weighted by molar-refractivity contribution is 5.95. The quantitative estimate of drug-likeness (QED) is 0.116. The Hall–Kier alpha value is -5.58. The topological polar surface area (TPSA) is 124 Å². The van der Waals surface area contributed by atoms with Crippen molar-refractivity contribution in [2.24, 2.45) is 0 Å². The molecule has 10 nitrogen and oxygen atoms in total. The van der Waals surface area contributed by atoms with Crippen LogP contribution in [0.15, 0.2) is 109 Å². The van der Waals surface area contributed by atoms with Gasteiger partial charge in [-0.1, -0.05) is 50.6 Å². The highest BCUT2D eigenvalue weighted by Gasteiger charge is 2.22. The van der Waals surface area contributed by atoms with Crippen LogP contribution in [0.2, 0.25) is 0 Å². The van der Waals surface area contributed by atoms with E-state index in [-0.39, 0.29) is 58.5 Å². The fraction of sp³-hybridized carbons (Fsp3) is 0.167. The van der Waals surface area contributed by atoms with Gasteiger partial charge in [0, 0.05) is 36.5 Å². The van der Waals surface area contributed by atoms with E-state index in [0.717, 1.165) is 0 Å². The lowest BCUT2D eigenvalue weighted by Crippen LogP contribution is -2.16. The maximum Gasteiger partial charge on any atom is 0.341 e. The molecule has 0 radical (unpaired) electrons. The van der Waals surface area contributed by atoms with E-state index >= 15 is 0 Å². The Morgan fingerprint density at radius 1 is 0.522 bits per heavy atom. The molecule has 0 aliphatic heterocycles. The number of carbonyl (C=O) groups excluding carboxylic acids is 4. The van der Waals surface area contributed by atoms with Crippen molar-refractivity contribution in [2.75, 3.05) is 27.4 Å². The van der Waals surface area contributed by atoms with Crippen molar-refractivity contribution < 1.29 is 47.6 Å². The van der Waals surface area contributed by atoms with Crippen LogP contribution in [0.4, 0.5) is 0 Å². The van der Waals surface area contributed by atoms with Gasteiger partial charge in [0.1, 0.15) is 23.0 Å². The molecule has 0 atom stereocenters. The summed E-state index contributed by atoms with van der Waals surface area (Å²) in [6.45, 7) is 17.5. The summed E-state index contributed by atoms with van der Waals surface area (Å²) in [5.41, 5.74) is 2.34. The second-order valence-electron chi connectivity index (χ2n) is 10.1.